The summed E-state index contributed by atoms with van der Waals surface area (Å²) in [6.07, 6.45) is 46.5. The van der Waals surface area contributed by atoms with Crippen LogP contribution >= 0.6 is 7.82 Å². The molecule has 0 saturated heterocycles. The zero-order valence-electron chi connectivity index (χ0n) is 33.2. The maximum atomic E-state index is 12.5. The number of carbonyl (C=O) groups is 2. The van der Waals surface area contributed by atoms with E-state index < -0.39 is 32.5 Å². The first kappa shape index (κ1) is 50.5. The molecule has 0 aromatic carbocycles. The van der Waals surface area contributed by atoms with Crippen molar-refractivity contribution in [1.29, 1.82) is 0 Å². The minimum Gasteiger partial charge on any atom is -0.462 e. The van der Waals surface area contributed by atoms with Crippen LogP contribution in [0.25, 0.3) is 0 Å². The van der Waals surface area contributed by atoms with Gasteiger partial charge in [0.1, 0.15) is 6.61 Å². The van der Waals surface area contributed by atoms with Crippen molar-refractivity contribution in [2.24, 2.45) is 5.73 Å². The van der Waals surface area contributed by atoms with Gasteiger partial charge in [-0.2, -0.15) is 0 Å². The van der Waals surface area contributed by atoms with E-state index in [0.717, 1.165) is 64.2 Å². The SMILES string of the molecule is CCCCC/C=C\C/C=C\C/C=C\C/C=C\CCCC(=O)OC[C@H](COP(=O)(O)OCCN)OC(=O)CCCCCCC/C=C\C/C=C\CCCCC. The molecule has 0 fully saturated rings. The maximum Gasteiger partial charge on any atom is 0.472 e. The number of phosphoric ester groups is 1. The van der Waals surface area contributed by atoms with Gasteiger partial charge in [0.25, 0.3) is 0 Å². The van der Waals surface area contributed by atoms with Crippen molar-refractivity contribution in [2.75, 3.05) is 26.4 Å². The van der Waals surface area contributed by atoms with E-state index in [0.29, 0.717) is 12.8 Å². The molecule has 0 bridgehead atoms. The lowest BCUT2D eigenvalue weighted by Gasteiger charge is -2.19. The molecular weight excluding hydrogens is 689 g/mol. The Morgan fingerprint density at radius 1 is 0.566 bits per heavy atom. The molecule has 0 heterocycles. The number of rotatable bonds is 37. The summed E-state index contributed by atoms with van der Waals surface area (Å²) >= 11 is 0. The van der Waals surface area contributed by atoms with Gasteiger partial charge >= 0.3 is 19.8 Å². The van der Waals surface area contributed by atoms with Crippen LogP contribution < -0.4 is 5.73 Å². The molecule has 0 amide bonds. The van der Waals surface area contributed by atoms with Crippen LogP contribution in [0.15, 0.2) is 72.9 Å². The third kappa shape index (κ3) is 39.0. The van der Waals surface area contributed by atoms with Crippen LogP contribution in [0.3, 0.4) is 0 Å². The molecule has 0 radical (unpaired) electrons. The Labute approximate surface area is 322 Å². The Morgan fingerprint density at radius 2 is 1.00 bits per heavy atom. The Hall–Kier alpha value is -2.55. The van der Waals surface area contributed by atoms with E-state index in [-0.39, 0.29) is 32.6 Å². The summed E-state index contributed by atoms with van der Waals surface area (Å²) in [5, 5.41) is 0. The minimum absolute atomic E-state index is 0.0402. The number of ether oxygens (including phenoxy) is 2. The molecule has 0 aromatic heterocycles. The molecule has 10 heteroatoms. The molecule has 0 aliphatic rings. The van der Waals surface area contributed by atoms with Crippen LogP contribution in [-0.4, -0.2) is 49.3 Å². The summed E-state index contributed by atoms with van der Waals surface area (Å²) in [5.74, 6) is -0.918. The zero-order chi connectivity index (χ0) is 38.9. The number of nitrogens with two attached hydrogens (primary N) is 1. The highest BCUT2D eigenvalue weighted by atomic mass is 31.2. The van der Waals surface area contributed by atoms with E-state index >= 15 is 0 Å². The van der Waals surface area contributed by atoms with Crippen LogP contribution in [0, 0.1) is 0 Å². The first-order chi connectivity index (χ1) is 25.8. The molecular formula is C43H74NO8P. The van der Waals surface area contributed by atoms with Crippen molar-refractivity contribution in [3.05, 3.63) is 72.9 Å². The van der Waals surface area contributed by atoms with Crippen molar-refractivity contribution < 1.29 is 37.6 Å². The van der Waals surface area contributed by atoms with E-state index in [2.05, 4.69) is 80.7 Å². The third-order valence-corrected chi connectivity index (χ3v) is 9.05. The normalized spacial score (nSPS) is 14.1. The van der Waals surface area contributed by atoms with Gasteiger partial charge in [0.2, 0.25) is 0 Å². The standard InChI is InChI=1S/C43H74NO8P/c1-3-5-7-9-11-13-15-17-19-20-22-23-25-27-29-31-33-35-42(45)49-39-41(40-51-53(47,48)50-38-37-44)52-43(46)36-34-32-30-28-26-24-21-18-16-14-12-10-8-6-4-2/h11-14,17-19,21-23,27,29,41H,3-10,15-16,20,24-26,28,30-40,44H2,1-2H3,(H,47,48)/b13-11-,14-12-,19-17-,21-18-,23-22-,29-27-/t41-/m1/s1. The van der Waals surface area contributed by atoms with Crippen LogP contribution in [0.2, 0.25) is 0 Å². The molecule has 1 unspecified atom stereocenters. The Kier molecular flexibility index (Phi) is 37.3. The monoisotopic (exact) mass is 764 g/mol. The quantitative estimate of drug-likeness (QED) is 0.0274. The van der Waals surface area contributed by atoms with Gasteiger partial charge in [-0.05, 0) is 83.5 Å². The van der Waals surface area contributed by atoms with E-state index in [1.807, 2.05) is 6.08 Å². The molecule has 9 nitrogen and oxygen atoms in total. The largest absolute Gasteiger partial charge is 0.472 e. The molecule has 304 valence electrons. The predicted octanol–water partition coefficient (Wildman–Crippen LogP) is 11.5. The van der Waals surface area contributed by atoms with Gasteiger partial charge in [-0.25, -0.2) is 4.57 Å². The topological polar surface area (TPSA) is 134 Å². The second kappa shape index (κ2) is 39.2. The number of allylic oxidation sites excluding steroid dienone is 12. The Balaban J connectivity index is 4.33. The van der Waals surface area contributed by atoms with Crippen molar-refractivity contribution in [1.82, 2.24) is 0 Å². The lowest BCUT2D eigenvalue weighted by Crippen LogP contribution is -2.29. The maximum absolute atomic E-state index is 12.5. The predicted molar refractivity (Wildman–Crippen MR) is 219 cm³/mol. The van der Waals surface area contributed by atoms with Crippen LogP contribution in [0.5, 0.6) is 0 Å². The van der Waals surface area contributed by atoms with Crippen molar-refractivity contribution in [2.45, 2.75) is 161 Å². The second-order valence-electron chi connectivity index (χ2n) is 13.1. The Morgan fingerprint density at radius 3 is 1.51 bits per heavy atom. The minimum atomic E-state index is -4.39. The molecule has 0 aromatic rings. The van der Waals surface area contributed by atoms with E-state index in [1.54, 1.807) is 0 Å². The fourth-order valence-electron chi connectivity index (χ4n) is 5.01. The molecule has 0 spiro atoms. The number of unbranched alkanes of at least 4 members (excludes halogenated alkanes) is 12. The number of hydrogen-bond acceptors (Lipinski definition) is 8. The zero-order valence-corrected chi connectivity index (χ0v) is 34.1. The Bertz CT molecular complexity index is 1100. The van der Waals surface area contributed by atoms with Crippen LogP contribution in [0.4, 0.5) is 0 Å². The number of esters is 2. The summed E-state index contributed by atoms with van der Waals surface area (Å²) in [6.45, 7) is 3.57. The van der Waals surface area contributed by atoms with Crippen molar-refractivity contribution >= 4 is 19.8 Å². The van der Waals surface area contributed by atoms with Gasteiger partial charge in [-0.3, -0.25) is 18.6 Å². The summed E-state index contributed by atoms with van der Waals surface area (Å²) < 4.78 is 32.6. The lowest BCUT2D eigenvalue weighted by atomic mass is 10.1. The average molecular weight is 764 g/mol. The van der Waals surface area contributed by atoms with Gasteiger partial charge in [0.05, 0.1) is 13.2 Å². The molecule has 0 aliphatic heterocycles. The van der Waals surface area contributed by atoms with Gasteiger partial charge in [0, 0.05) is 19.4 Å². The second-order valence-corrected chi connectivity index (χ2v) is 14.6. The van der Waals surface area contributed by atoms with E-state index in [9.17, 15) is 19.0 Å². The smallest absolute Gasteiger partial charge is 0.462 e. The molecule has 0 aliphatic carbocycles. The number of hydrogen-bond donors (Lipinski definition) is 2. The third-order valence-electron chi connectivity index (χ3n) is 8.06. The average Bonchev–Trinajstić information content (AvgIpc) is 3.14. The first-order valence-electron chi connectivity index (χ1n) is 20.4. The summed E-state index contributed by atoms with van der Waals surface area (Å²) in [4.78, 5) is 34.8. The summed E-state index contributed by atoms with van der Waals surface area (Å²) in [7, 11) is -4.39. The summed E-state index contributed by atoms with van der Waals surface area (Å²) in [6, 6.07) is 0. The van der Waals surface area contributed by atoms with E-state index in [1.165, 1.54) is 51.4 Å². The molecule has 0 saturated carbocycles. The highest BCUT2D eigenvalue weighted by molar-refractivity contribution is 7.47. The van der Waals surface area contributed by atoms with Gasteiger partial charge in [0.15, 0.2) is 6.10 Å². The van der Waals surface area contributed by atoms with Crippen molar-refractivity contribution in [3.63, 3.8) is 0 Å². The van der Waals surface area contributed by atoms with Gasteiger partial charge < -0.3 is 20.1 Å². The molecule has 3 N–H and O–H groups in total. The van der Waals surface area contributed by atoms with Crippen LogP contribution in [0.1, 0.15) is 155 Å². The fourth-order valence-corrected chi connectivity index (χ4v) is 5.77. The first-order valence-corrected chi connectivity index (χ1v) is 21.9. The van der Waals surface area contributed by atoms with E-state index in [4.69, 9.17) is 24.3 Å². The van der Waals surface area contributed by atoms with Crippen LogP contribution in [-0.2, 0) is 32.7 Å². The number of carbonyl (C=O) groups excluding carboxylic acids is 2. The highest BCUT2D eigenvalue weighted by Crippen LogP contribution is 2.43. The lowest BCUT2D eigenvalue weighted by molar-refractivity contribution is -0.161. The van der Waals surface area contributed by atoms with Crippen molar-refractivity contribution in [3.8, 4) is 0 Å². The molecule has 0 rings (SSSR count). The van der Waals surface area contributed by atoms with Gasteiger partial charge in [-0.15, -0.1) is 0 Å². The van der Waals surface area contributed by atoms with Gasteiger partial charge in [-0.1, -0.05) is 132 Å². The summed E-state index contributed by atoms with van der Waals surface area (Å²) in [5.41, 5.74) is 5.33. The highest BCUT2D eigenvalue weighted by Gasteiger charge is 2.25. The molecule has 53 heavy (non-hydrogen) atoms. The fraction of sp³-hybridized carbons (Fsp3) is 0.674. The number of phosphoric acid groups is 1. The molecule has 2 atom stereocenters.